The Hall–Kier alpha value is -4.14. The molecule has 0 saturated heterocycles. The largest absolute Gasteiger partial charge is 1.00 e. The normalized spacial score (nSPS) is 22.2. The maximum atomic E-state index is 5.04. The predicted octanol–water partition coefficient (Wildman–Crippen LogP) is 35.3. The smallest absolute Gasteiger partial charge is 1.00 e. The summed E-state index contributed by atoms with van der Waals surface area (Å²) in [6.45, 7) is 64.2. The molecule has 18 rings (SSSR count). The number of hydrogen-bond acceptors (Lipinski definition) is 0. The fraction of sp³-hybridized carbons (Fsp3) is 0.450. The van der Waals surface area contributed by atoms with Crippen molar-refractivity contribution in [2.75, 3.05) is 0 Å². The van der Waals surface area contributed by atoms with E-state index in [0.29, 0.717) is 59.2 Å². The molecule has 4 fully saturated rings. The Morgan fingerprint density at radius 3 is 0.770 bits per heavy atom. The molecular formula is C129H164Cl6Li2Zr2. The van der Waals surface area contributed by atoms with Gasteiger partial charge in [0.25, 0.3) is 0 Å². The van der Waals surface area contributed by atoms with Gasteiger partial charge in [-0.1, -0.05) is 454 Å². The van der Waals surface area contributed by atoms with Crippen LogP contribution in [0.1, 0.15) is 296 Å². The van der Waals surface area contributed by atoms with E-state index in [1.807, 2.05) is 0 Å². The molecule has 0 radical (unpaired) electrons. The summed E-state index contributed by atoms with van der Waals surface area (Å²) in [5, 5.41) is 0. The Bertz CT molecular complexity index is 5220. The predicted molar refractivity (Wildman–Crippen MR) is 601 cm³/mol. The van der Waals surface area contributed by atoms with Crippen molar-refractivity contribution in [1.29, 1.82) is 0 Å². The minimum atomic E-state index is -3.29. The van der Waals surface area contributed by atoms with Crippen molar-refractivity contribution in [3.8, 4) is 33.4 Å². The average molecular weight is 2120 g/mol. The maximum absolute atomic E-state index is 5.04. The fourth-order valence-electron chi connectivity index (χ4n) is 25.6. The van der Waals surface area contributed by atoms with E-state index >= 15 is 0 Å². The van der Waals surface area contributed by atoms with Gasteiger partial charge in [-0.15, -0.1) is 0 Å². The van der Waals surface area contributed by atoms with Crippen molar-refractivity contribution in [2.24, 2.45) is 109 Å². The second-order valence-electron chi connectivity index (χ2n) is 48.4. The molecule has 0 aliphatic heterocycles. The summed E-state index contributed by atoms with van der Waals surface area (Å²) in [4.78, 5) is 0. The van der Waals surface area contributed by atoms with Crippen molar-refractivity contribution >= 4 is 73.4 Å². The first-order chi connectivity index (χ1) is 63.4. The third-order valence-corrected chi connectivity index (χ3v) is 32.1. The van der Waals surface area contributed by atoms with Crippen LogP contribution >= 0.6 is 51.1 Å². The van der Waals surface area contributed by atoms with Crippen molar-refractivity contribution in [1.82, 2.24) is 0 Å². The van der Waals surface area contributed by atoms with E-state index in [2.05, 4.69) is 453 Å². The number of halogens is 6. The molecule has 4 saturated carbocycles. The number of fused-ring (bicyclic) bond motifs is 9. The number of benzene rings is 8. The Labute approximate surface area is 909 Å². The van der Waals surface area contributed by atoms with Gasteiger partial charge in [0.1, 0.15) is 0 Å². The maximum Gasteiger partial charge on any atom is 1.00 e. The Balaban J connectivity index is 0.000000239. The Morgan fingerprint density at radius 1 is 0.338 bits per heavy atom. The molecular weight excluding hydrogens is 1960 g/mol. The summed E-state index contributed by atoms with van der Waals surface area (Å²) >= 11 is -4.12. The molecule has 139 heavy (non-hydrogen) atoms. The minimum absolute atomic E-state index is 0. The molecule has 10 aliphatic rings. The molecule has 0 heterocycles. The molecule has 732 valence electrons. The molecule has 0 aromatic heterocycles. The average Bonchev–Trinajstić information content (AvgIpc) is 1.56. The van der Waals surface area contributed by atoms with Gasteiger partial charge >= 0.3 is 125 Å². The van der Waals surface area contributed by atoms with Crippen LogP contribution in [0.15, 0.2) is 301 Å². The van der Waals surface area contributed by atoms with Crippen molar-refractivity contribution in [2.45, 2.75) is 260 Å². The SMILES string of the molecule is CC(C)(C)C1=CC2C3C=C(C(C)(C)C)C(c4ccccc4)=CC3C(C(C)(C)C3CCCC3)C2C=C1c1ccccc1.CC(C)(C)C1=CC2C3C=C(C(C)(C)C)C(c4ccccc4)=CC3C(C(C)(C)C3CCCC3)C2C=C1c1ccccc1.CC(C)(C)c1cc2c(cc1-c1ccccc1)C(C(C)(C)C1=CCC=C1)c1cc(-c3ccccc3)c(C(C)(C)C)cc1-2.[CH2-]CCC.[CH3-].[CH3-].[Cl][Zr+2][Cl].[Cl][Zr]([Cl])([Cl])[Cl].[H-].[Li+].[Li+]. The summed E-state index contributed by atoms with van der Waals surface area (Å²) in [6, 6.07) is 77.1. The standard InChI is InChI=1S/2C41H52.C41H44.C4H9.2CH3.6ClH.2Li.2Zr.H/c3*1-39(2,3)36-25-32-33-26-37(40(4,5)6)31(28-19-13-10-14-20-28)24-35(33)38(41(7,8)29-21-15-16-22-29)34(32)23-30(36)27-17-11-9-12-18-27;1-3-4-2;;;;;;;;;;;;;/h2*9-14,17-20,23-26,29,32-35,38H,15-16,21-22H2,1-8H3;9-15,17-26,38H,16H2,1-8H3;1,3-4H2,2H3;2*1H3;6*1H;;;;;/q;;;3*-1;;;;;;;2*+1;2*+4;-1/p-6. The first-order valence-electron chi connectivity index (χ1n) is 50.8. The van der Waals surface area contributed by atoms with Crippen LogP contribution in [0.25, 0.3) is 55.7 Å². The third-order valence-electron chi connectivity index (χ3n) is 32.1. The number of rotatable bonds is 13. The Kier molecular flexibility index (Phi) is 41.3. The van der Waals surface area contributed by atoms with Crippen molar-refractivity contribution < 1.29 is 75.5 Å². The molecule has 10 aliphatic carbocycles. The first kappa shape index (κ1) is 118. The van der Waals surface area contributed by atoms with Gasteiger partial charge < -0.3 is 23.2 Å². The van der Waals surface area contributed by atoms with E-state index in [0.717, 1.165) is 24.7 Å². The van der Waals surface area contributed by atoms with Crippen LogP contribution in [0.5, 0.6) is 0 Å². The summed E-state index contributed by atoms with van der Waals surface area (Å²) < 4.78 is 0. The molecule has 8 aromatic carbocycles. The molecule has 8 aromatic rings. The second-order valence-corrected chi connectivity index (χ2v) is 74.5. The molecule has 0 nitrogen and oxygen atoms in total. The molecule has 0 spiro atoms. The minimum Gasteiger partial charge on any atom is -1.00 e. The zero-order chi connectivity index (χ0) is 98.1. The van der Waals surface area contributed by atoms with Gasteiger partial charge in [0.05, 0.1) is 0 Å². The first-order valence-corrected chi connectivity index (χ1v) is 69.8. The van der Waals surface area contributed by atoms with Gasteiger partial charge in [-0.3, -0.25) is 0 Å². The number of hydrogen-bond donors (Lipinski definition) is 0. The van der Waals surface area contributed by atoms with Crippen LogP contribution < -0.4 is 37.7 Å². The molecule has 0 N–H and O–H groups in total. The monoisotopic (exact) mass is 2120 g/mol. The van der Waals surface area contributed by atoms with E-state index in [1.54, 1.807) is 0 Å². The van der Waals surface area contributed by atoms with E-state index in [1.165, 1.54) is 186 Å². The van der Waals surface area contributed by atoms with E-state index < -0.39 is 36.3 Å². The summed E-state index contributed by atoms with van der Waals surface area (Å²) in [7, 11) is 30.0. The fourth-order valence-corrected chi connectivity index (χ4v) is 25.6. The third kappa shape index (κ3) is 27.0. The van der Waals surface area contributed by atoms with E-state index in [9.17, 15) is 0 Å². The van der Waals surface area contributed by atoms with Crippen LogP contribution in [0, 0.1) is 131 Å². The molecule has 0 amide bonds. The zero-order valence-electron chi connectivity index (χ0n) is 91.2. The Morgan fingerprint density at radius 2 is 0.568 bits per heavy atom. The number of allylic oxidation sites excluding steroid dienone is 20. The van der Waals surface area contributed by atoms with E-state index in [-0.39, 0.29) is 109 Å². The van der Waals surface area contributed by atoms with Gasteiger partial charge in [0.2, 0.25) is 0 Å². The number of unbranched alkanes of at least 4 members (excludes halogenated alkanes) is 1. The van der Waals surface area contributed by atoms with Crippen LogP contribution in [0.4, 0.5) is 0 Å². The van der Waals surface area contributed by atoms with Crippen LogP contribution in [-0.2, 0) is 47.2 Å². The summed E-state index contributed by atoms with van der Waals surface area (Å²) in [5.41, 5.74) is 33.9. The van der Waals surface area contributed by atoms with Gasteiger partial charge in [-0.2, -0.15) is 6.42 Å². The summed E-state index contributed by atoms with van der Waals surface area (Å²) in [5.74, 6) is 7.47. The molecule has 10 heteroatoms. The summed E-state index contributed by atoms with van der Waals surface area (Å²) in [6.07, 6.45) is 43.7. The van der Waals surface area contributed by atoms with Gasteiger partial charge in [-0.05, 0) is 299 Å². The topological polar surface area (TPSA) is 0 Å². The van der Waals surface area contributed by atoms with Crippen molar-refractivity contribution in [3.63, 3.8) is 0 Å². The van der Waals surface area contributed by atoms with Crippen LogP contribution in [0.3, 0.4) is 0 Å². The molecule has 0 bridgehead atoms. The second kappa shape index (κ2) is 48.4. The van der Waals surface area contributed by atoms with Gasteiger partial charge in [-0.25, -0.2) is 0 Å². The quantitative estimate of drug-likeness (QED) is 0.0797. The van der Waals surface area contributed by atoms with E-state index in [4.69, 9.17) is 51.1 Å². The van der Waals surface area contributed by atoms with Crippen LogP contribution in [-0.4, -0.2) is 0 Å². The van der Waals surface area contributed by atoms with Crippen LogP contribution in [0.2, 0.25) is 0 Å². The van der Waals surface area contributed by atoms with Gasteiger partial charge in [0.15, 0.2) is 0 Å². The van der Waals surface area contributed by atoms with Gasteiger partial charge in [0, 0.05) is 11.3 Å². The molecule has 8 atom stereocenters. The van der Waals surface area contributed by atoms with Crippen molar-refractivity contribution in [3.05, 3.63) is 367 Å². The zero-order valence-corrected chi connectivity index (χ0v) is 99.7. The molecule has 8 unspecified atom stereocenters.